The first-order valence-electron chi connectivity index (χ1n) is 2.96. The molecule has 0 aliphatic rings. The van der Waals surface area contributed by atoms with Gasteiger partial charge in [0, 0.05) is 7.05 Å². The van der Waals surface area contributed by atoms with Gasteiger partial charge in [0.1, 0.15) is 0 Å². The average Bonchev–Trinajstić information content (AvgIpc) is 1.89. The Bertz CT molecular complexity index is 125. The van der Waals surface area contributed by atoms with Crippen LogP contribution in [0.15, 0.2) is 0 Å². The van der Waals surface area contributed by atoms with E-state index in [2.05, 4.69) is 5.32 Å². The van der Waals surface area contributed by atoms with Gasteiger partial charge in [-0.15, -0.1) is 0 Å². The van der Waals surface area contributed by atoms with Crippen LogP contribution in [0.5, 0.6) is 0 Å². The highest BCUT2D eigenvalue weighted by molar-refractivity contribution is 5.80. The molecule has 0 aromatic heterocycles. The summed E-state index contributed by atoms with van der Waals surface area (Å²) < 4.78 is 0. The molecule has 4 nitrogen and oxygen atoms in total. The molecule has 10 heavy (non-hydrogen) atoms. The molecule has 57 valence electrons. The number of nitrogens with one attached hydrogen (secondary N) is 1. The minimum atomic E-state index is -0.106. The average molecular weight is 143 g/mol. The molecule has 0 unspecified atom stereocenters. The van der Waals surface area contributed by atoms with Crippen molar-refractivity contribution in [2.45, 2.75) is 0 Å². The highest BCUT2D eigenvalue weighted by Crippen LogP contribution is 1.78. The third-order valence-corrected chi connectivity index (χ3v) is 1.06. The summed E-state index contributed by atoms with van der Waals surface area (Å²) in [6, 6.07) is 0. The second kappa shape index (κ2) is 4.93. The predicted molar refractivity (Wildman–Crippen MR) is 37.3 cm³/mol. The van der Waals surface area contributed by atoms with Crippen molar-refractivity contribution in [3.63, 3.8) is 0 Å². The lowest BCUT2D eigenvalue weighted by Gasteiger charge is -2.11. The van der Waals surface area contributed by atoms with Gasteiger partial charge in [0.15, 0.2) is 0 Å². The van der Waals surface area contributed by atoms with Crippen LogP contribution in [0.1, 0.15) is 0 Å². The Morgan fingerprint density at radius 2 is 2.30 bits per heavy atom. The van der Waals surface area contributed by atoms with Gasteiger partial charge >= 0.3 is 0 Å². The lowest BCUT2D eigenvalue weighted by Crippen LogP contribution is -2.35. The summed E-state index contributed by atoms with van der Waals surface area (Å²) in [6.07, 6.45) is 1.63. The largest absolute Gasteiger partial charge is 0.337 e. The van der Waals surface area contributed by atoms with E-state index >= 15 is 0 Å². The molecule has 0 fully saturated rings. The number of likely N-dealkylation sites (N-methyl/N-ethyl adjacent to an activating group) is 2. The monoisotopic (exact) mass is 143 g/mol. The minimum absolute atomic E-state index is 0.0422. The molecule has 0 saturated carbocycles. The number of carbonyl (C=O) groups excluding carboxylic acids is 2. The van der Waals surface area contributed by atoms with Crippen molar-refractivity contribution < 1.29 is 9.59 Å². The molecule has 0 aliphatic carbocycles. The SMILES string of the molecule is CNCC(=O)N(C)C[C]=O. The molecule has 0 bridgehead atoms. The maximum atomic E-state index is 10.8. The number of hydrogen-bond donors (Lipinski definition) is 1. The van der Waals surface area contributed by atoms with E-state index in [1.165, 1.54) is 4.90 Å². The maximum Gasteiger partial charge on any atom is 0.236 e. The van der Waals surface area contributed by atoms with Crippen LogP contribution < -0.4 is 5.32 Å². The highest BCUT2D eigenvalue weighted by Gasteiger charge is 2.04. The summed E-state index contributed by atoms with van der Waals surface area (Å²) in [6.45, 7) is 0.304. The molecule has 0 aromatic carbocycles. The maximum absolute atomic E-state index is 10.8. The molecule has 1 N–H and O–H groups in total. The Kier molecular flexibility index (Phi) is 4.49. The number of carbonyl (C=O) groups is 1. The van der Waals surface area contributed by atoms with Gasteiger partial charge < -0.3 is 10.2 Å². The van der Waals surface area contributed by atoms with Crippen molar-refractivity contribution >= 4 is 12.2 Å². The Balaban J connectivity index is 3.58. The van der Waals surface area contributed by atoms with Gasteiger partial charge in [-0.2, -0.15) is 0 Å². The number of nitrogens with zero attached hydrogens (tertiary/aromatic N) is 1. The van der Waals surface area contributed by atoms with Crippen molar-refractivity contribution in [1.29, 1.82) is 0 Å². The summed E-state index contributed by atoms with van der Waals surface area (Å²) in [5.41, 5.74) is 0. The fourth-order valence-electron chi connectivity index (χ4n) is 0.471. The second-order valence-corrected chi connectivity index (χ2v) is 1.92. The van der Waals surface area contributed by atoms with Crippen LogP contribution in [-0.4, -0.2) is 44.3 Å². The Morgan fingerprint density at radius 3 is 2.70 bits per heavy atom. The van der Waals surface area contributed by atoms with E-state index in [1.54, 1.807) is 20.4 Å². The third kappa shape index (κ3) is 3.19. The van der Waals surface area contributed by atoms with Gasteiger partial charge in [-0.05, 0) is 7.05 Å². The lowest BCUT2D eigenvalue weighted by molar-refractivity contribution is -0.128. The number of hydrogen-bond acceptors (Lipinski definition) is 3. The first-order chi connectivity index (χ1) is 4.72. The minimum Gasteiger partial charge on any atom is -0.337 e. The van der Waals surface area contributed by atoms with E-state index in [4.69, 9.17) is 0 Å². The smallest absolute Gasteiger partial charge is 0.236 e. The van der Waals surface area contributed by atoms with Crippen molar-refractivity contribution in [2.75, 3.05) is 27.2 Å². The molecule has 0 aliphatic heterocycles. The van der Waals surface area contributed by atoms with Gasteiger partial charge in [0.2, 0.25) is 12.2 Å². The molecule has 1 amide bonds. The molecule has 0 rings (SSSR count). The molecular formula is C6H11N2O2. The van der Waals surface area contributed by atoms with Gasteiger partial charge in [-0.1, -0.05) is 0 Å². The number of amides is 1. The van der Waals surface area contributed by atoms with Gasteiger partial charge in [-0.25, -0.2) is 0 Å². The molecule has 0 aromatic rings. The zero-order chi connectivity index (χ0) is 7.98. The van der Waals surface area contributed by atoms with Crippen molar-refractivity contribution in [3.8, 4) is 0 Å². The van der Waals surface area contributed by atoms with Gasteiger partial charge in [0.05, 0.1) is 13.1 Å². The zero-order valence-corrected chi connectivity index (χ0v) is 6.18. The molecular weight excluding hydrogens is 132 g/mol. The van der Waals surface area contributed by atoms with E-state index in [0.29, 0.717) is 0 Å². The summed E-state index contributed by atoms with van der Waals surface area (Å²) in [4.78, 5) is 21.9. The summed E-state index contributed by atoms with van der Waals surface area (Å²) in [5.74, 6) is -0.106. The topological polar surface area (TPSA) is 49.4 Å². The van der Waals surface area contributed by atoms with E-state index in [1.807, 2.05) is 0 Å². The van der Waals surface area contributed by atoms with Crippen LogP contribution in [-0.2, 0) is 9.59 Å². The Hall–Kier alpha value is -0.900. The summed E-state index contributed by atoms with van der Waals surface area (Å²) in [5, 5.41) is 2.69. The first kappa shape index (κ1) is 9.10. The van der Waals surface area contributed by atoms with Crippen molar-refractivity contribution in [3.05, 3.63) is 0 Å². The van der Waals surface area contributed by atoms with E-state index < -0.39 is 0 Å². The van der Waals surface area contributed by atoms with Gasteiger partial charge in [0.25, 0.3) is 0 Å². The van der Waals surface area contributed by atoms with Crippen LogP contribution >= 0.6 is 0 Å². The van der Waals surface area contributed by atoms with E-state index in [9.17, 15) is 9.59 Å². The zero-order valence-electron chi connectivity index (χ0n) is 6.18. The summed E-state index contributed by atoms with van der Waals surface area (Å²) in [7, 11) is 3.24. The molecule has 0 heterocycles. The molecule has 0 spiro atoms. The fraction of sp³-hybridized carbons (Fsp3) is 0.667. The first-order valence-corrected chi connectivity index (χ1v) is 2.96. The molecule has 0 saturated heterocycles. The fourth-order valence-corrected chi connectivity index (χ4v) is 0.471. The van der Waals surface area contributed by atoms with Crippen LogP contribution in [0.3, 0.4) is 0 Å². The summed E-state index contributed by atoms with van der Waals surface area (Å²) >= 11 is 0. The predicted octanol–water partition coefficient (Wildman–Crippen LogP) is -1.23. The highest BCUT2D eigenvalue weighted by atomic mass is 16.2. The molecule has 4 heteroatoms. The van der Waals surface area contributed by atoms with Crippen LogP contribution in [0.25, 0.3) is 0 Å². The van der Waals surface area contributed by atoms with E-state index in [-0.39, 0.29) is 19.0 Å². The normalized spacial score (nSPS) is 9.00. The molecule has 0 atom stereocenters. The van der Waals surface area contributed by atoms with Gasteiger partial charge in [-0.3, -0.25) is 9.59 Å². The Labute approximate surface area is 60.2 Å². The van der Waals surface area contributed by atoms with Crippen molar-refractivity contribution in [2.24, 2.45) is 0 Å². The number of rotatable bonds is 4. The van der Waals surface area contributed by atoms with Crippen LogP contribution in [0, 0.1) is 0 Å². The lowest BCUT2D eigenvalue weighted by atomic mass is 10.5. The second-order valence-electron chi connectivity index (χ2n) is 1.92. The van der Waals surface area contributed by atoms with Crippen molar-refractivity contribution in [1.82, 2.24) is 10.2 Å². The third-order valence-electron chi connectivity index (χ3n) is 1.06. The Morgan fingerprint density at radius 1 is 1.70 bits per heavy atom. The van der Waals surface area contributed by atoms with Crippen LogP contribution in [0.2, 0.25) is 0 Å². The standard InChI is InChI=1S/C6H11N2O2/c1-7-5-6(10)8(2)3-4-9/h7H,3,5H2,1-2H3. The quantitative estimate of drug-likeness (QED) is 0.536. The molecule has 1 radical (unpaired) electrons. The van der Waals surface area contributed by atoms with Crippen LogP contribution in [0.4, 0.5) is 0 Å². The van der Waals surface area contributed by atoms with E-state index in [0.717, 1.165) is 0 Å².